The first-order valence-corrected chi connectivity index (χ1v) is 5.78. The Kier molecular flexibility index (Phi) is 2.42. The molecule has 0 aliphatic heterocycles. The van der Waals surface area contributed by atoms with Crippen molar-refractivity contribution < 1.29 is 0 Å². The van der Waals surface area contributed by atoms with E-state index in [9.17, 15) is 0 Å². The minimum atomic E-state index is 0.475. The fraction of sp³-hybridized carbons (Fsp3) is 0.111. The van der Waals surface area contributed by atoms with Gasteiger partial charge in [0.1, 0.15) is 24.0 Å². The Morgan fingerprint density at radius 3 is 3.12 bits per heavy atom. The maximum atomic E-state index is 5.45. The lowest BCUT2D eigenvalue weighted by atomic mass is 10.4. The van der Waals surface area contributed by atoms with Crippen LogP contribution in [-0.4, -0.2) is 24.7 Å². The van der Waals surface area contributed by atoms with E-state index in [1.165, 1.54) is 6.33 Å². The first-order chi connectivity index (χ1) is 8.36. The Bertz CT molecular complexity index is 630. The molecule has 7 nitrogen and oxygen atoms in total. The van der Waals surface area contributed by atoms with Crippen LogP contribution in [0.15, 0.2) is 24.1 Å². The molecule has 3 aromatic heterocycles. The molecule has 0 radical (unpaired) electrons. The van der Waals surface area contributed by atoms with E-state index < -0.39 is 0 Å². The summed E-state index contributed by atoms with van der Waals surface area (Å²) in [7, 11) is 0. The summed E-state index contributed by atoms with van der Waals surface area (Å²) in [6, 6.07) is 1.94. The summed E-state index contributed by atoms with van der Waals surface area (Å²) in [5.74, 6) is 6.73. The van der Waals surface area contributed by atoms with E-state index >= 15 is 0 Å². The smallest absolute Gasteiger partial charge is 0.153 e. The van der Waals surface area contributed by atoms with Gasteiger partial charge in [0, 0.05) is 0 Å². The lowest BCUT2D eigenvalue weighted by Crippen LogP contribution is -2.12. The maximum absolute atomic E-state index is 5.45. The normalized spacial score (nSPS) is 10.9. The van der Waals surface area contributed by atoms with E-state index in [1.54, 1.807) is 22.3 Å². The molecule has 0 aliphatic carbocycles. The van der Waals surface area contributed by atoms with Crippen molar-refractivity contribution in [2.75, 3.05) is 5.43 Å². The van der Waals surface area contributed by atoms with E-state index in [4.69, 9.17) is 5.84 Å². The summed E-state index contributed by atoms with van der Waals surface area (Å²) in [6.07, 6.45) is 3.10. The number of hydrogen-bond donors (Lipinski definition) is 2. The average molecular weight is 247 g/mol. The second kappa shape index (κ2) is 4.07. The Hall–Kier alpha value is -2.06. The van der Waals surface area contributed by atoms with Crippen molar-refractivity contribution in [3.05, 3.63) is 29.9 Å². The number of nitrogens with zero attached hydrogens (tertiary/aromatic N) is 5. The number of thiophene rings is 1. The van der Waals surface area contributed by atoms with Crippen LogP contribution in [-0.2, 0) is 6.54 Å². The third-order valence-corrected chi connectivity index (χ3v) is 3.08. The van der Waals surface area contributed by atoms with Crippen molar-refractivity contribution in [2.24, 2.45) is 5.84 Å². The predicted molar refractivity (Wildman–Crippen MR) is 64.3 cm³/mol. The molecular weight excluding hydrogens is 238 g/mol. The molecule has 8 heteroatoms. The van der Waals surface area contributed by atoms with Crippen molar-refractivity contribution in [3.8, 4) is 0 Å². The largest absolute Gasteiger partial charge is 0.308 e. The zero-order valence-electron chi connectivity index (χ0n) is 8.74. The Balaban J connectivity index is 2.04. The van der Waals surface area contributed by atoms with Crippen LogP contribution in [0.3, 0.4) is 0 Å². The van der Waals surface area contributed by atoms with Crippen LogP contribution in [0.4, 0.5) is 5.82 Å². The van der Waals surface area contributed by atoms with Gasteiger partial charge in [-0.15, -0.1) is 11.3 Å². The number of anilines is 1. The van der Waals surface area contributed by atoms with Crippen LogP contribution in [0.1, 0.15) is 5.82 Å². The second-order valence-corrected chi connectivity index (χ2v) is 4.26. The minimum Gasteiger partial charge on any atom is -0.308 e. The minimum absolute atomic E-state index is 0.475. The van der Waals surface area contributed by atoms with Gasteiger partial charge in [0.2, 0.25) is 0 Å². The van der Waals surface area contributed by atoms with Gasteiger partial charge in [-0.3, -0.25) is 0 Å². The third-order valence-electron chi connectivity index (χ3n) is 2.28. The molecule has 86 valence electrons. The van der Waals surface area contributed by atoms with Crippen molar-refractivity contribution in [1.29, 1.82) is 0 Å². The number of hydrogen-bond acceptors (Lipinski definition) is 7. The van der Waals surface area contributed by atoms with E-state index in [0.717, 1.165) is 10.2 Å². The number of hydrazine groups is 1. The molecule has 0 aliphatic rings. The van der Waals surface area contributed by atoms with Gasteiger partial charge in [-0.05, 0) is 11.4 Å². The molecule has 0 amide bonds. The SMILES string of the molecule is NNc1nc(Cn2cncn2)nc2sccc12. The first-order valence-electron chi connectivity index (χ1n) is 4.90. The highest BCUT2D eigenvalue weighted by molar-refractivity contribution is 7.16. The van der Waals surface area contributed by atoms with Crippen LogP contribution >= 0.6 is 11.3 Å². The lowest BCUT2D eigenvalue weighted by Gasteiger charge is -2.04. The molecule has 3 heterocycles. The van der Waals surface area contributed by atoms with Gasteiger partial charge in [-0.2, -0.15) is 5.10 Å². The number of nitrogens with one attached hydrogen (secondary N) is 1. The summed E-state index contributed by atoms with van der Waals surface area (Å²) in [5.41, 5.74) is 2.59. The second-order valence-electron chi connectivity index (χ2n) is 3.37. The topological polar surface area (TPSA) is 94.5 Å². The highest BCUT2D eigenvalue weighted by Gasteiger charge is 2.08. The van der Waals surface area contributed by atoms with Gasteiger partial charge in [0.05, 0.1) is 5.39 Å². The number of fused-ring (bicyclic) bond motifs is 1. The van der Waals surface area contributed by atoms with Crippen molar-refractivity contribution in [2.45, 2.75) is 6.54 Å². The van der Waals surface area contributed by atoms with Crippen LogP contribution in [0.2, 0.25) is 0 Å². The van der Waals surface area contributed by atoms with Crippen molar-refractivity contribution in [1.82, 2.24) is 24.7 Å². The summed E-state index contributed by atoms with van der Waals surface area (Å²) in [4.78, 5) is 13.6. The number of rotatable bonds is 3. The predicted octanol–water partition coefficient (Wildman–Crippen LogP) is 0.617. The summed E-state index contributed by atoms with van der Waals surface area (Å²) in [5, 5.41) is 6.90. The molecule has 0 saturated carbocycles. The molecule has 17 heavy (non-hydrogen) atoms. The van der Waals surface area contributed by atoms with E-state index in [0.29, 0.717) is 18.2 Å². The molecule has 0 saturated heterocycles. The molecule has 0 aromatic carbocycles. The zero-order chi connectivity index (χ0) is 11.7. The zero-order valence-corrected chi connectivity index (χ0v) is 9.55. The monoisotopic (exact) mass is 247 g/mol. The molecule has 3 N–H and O–H groups in total. The number of nitrogens with two attached hydrogens (primary N) is 1. The first kappa shape index (κ1) is 10.1. The van der Waals surface area contributed by atoms with Gasteiger partial charge in [-0.1, -0.05) is 0 Å². The van der Waals surface area contributed by atoms with Gasteiger partial charge in [0.15, 0.2) is 11.6 Å². The number of aromatic nitrogens is 5. The summed E-state index contributed by atoms with van der Waals surface area (Å²) < 4.78 is 1.66. The average Bonchev–Trinajstić information content (AvgIpc) is 2.98. The van der Waals surface area contributed by atoms with Crippen LogP contribution in [0.5, 0.6) is 0 Å². The molecule has 0 unspecified atom stereocenters. The Morgan fingerprint density at radius 1 is 1.41 bits per heavy atom. The summed E-state index contributed by atoms with van der Waals surface area (Å²) in [6.45, 7) is 0.475. The van der Waals surface area contributed by atoms with Crippen molar-refractivity contribution >= 4 is 27.4 Å². The van der Waals surface area contributed by atoms with Gasteiger partial charge < -0.3 is 5.43 Å². The standard InChI is InChI=1S/C9H9N7S/c10-15-8-6-1-2-17-9(6)14-7(13-8)3-16-5-11-4-12-16/h1-2,4-5H,3,10H2,(H,13,14,15). The van der Waals surface area contributed by atoms with Crippen molar-refractivity contribution in [3.63, 3.8) is 0 Å². The van der Waals surface area contributed by atoms with E-state index in [2.05, 4.69) is 25.5 Å². The summed E-state index contributed by atoms with van der Waals surface area (Å²) >= 11 is 1.55. The Morgan fingerprint density at radius 2 is 2.35 bits per heavy atom. The molecule has 0 bridgehead atoms. The molecule has 3 rings (SSSR count). The highest BCUT2D eigenvalue weighted by atomic mass is 32.1. The van der Waals surface area contributed by atoms with E-state index in [1.807, 2.05) is 11.4 Å². The fourth-order valence-corrected chi connectivity index (χ4v) is 2.32. The number of nitrogen functional groups attached to an aromatic ring is 1. The third kappa shape index (κ3) is 1.83. The Labute approximate surface area is 100 Å². The maximum Gasteiger partial charge on any atom is 0.153 e. The van der Waals surface area contributed by atoms with Gasteiger partial charge in [0.25, 0.3) is 0 Å². The molecular formula is C9H9N7S. The van der Waals surface area contributed by atoms with Crippen LogP contribution in [0, 0.1) is 0 Å². The van der Waals surface area contributed by atoms with E-state index in [-0.39, 0.29) is 0 Å². The molecule has 0 fully saturated rings. The quantitative estimate of drug-likeness (QED) is 0.520. The van der Waals surface area contributed by atoms with Crippen LogP contribution < -0.4 is 11.3 Å². The lowest BCUT2D eigenvalue weighted by molar-refractivity contribution is 0.657. The fourth-order valence-electron chi connectivity index (χ4n) is 1.54. The van der Waals surface area contributed by atoms with Gasteiger partial charge >= 0.3 is 0 Å². The molecule has 3 aromatic rings. The highest BCUT2D eigenvalue weighted by Crippen LogP contribution is 2.24. The van der Waals surface area contributed by atoms with Gasteiger partial charge in [-0.25, -0.2) is 25.5 Å². The molecule has 0 spiro atoms. The van der Waals surface area contributed by atoms with Crippen LogP contribution in [0.25, 0.3) is 10.2 Å². The molecule has 0 atom stereocenters.